The molecular weight excluding hydrogens is 403 g/mol. The fourth-order valence-electron chi connectivity index (χ4n) is 2.99. The monoisotopic (exact) mass is 438 g/mol. The number of guanidine groups is 1. The predicted molar refractivity (Wildman–Crippen MR) is 108 cm³/mol. The van der Waals surface area contributed by atoms with Crippen molar-refractivity contribution in [2.24, 2.45) is 10.9 Å². The van der Waals surface area contributed by atoms with Crippen molar-refractivity contribution in [3.05, 3.63) is 0 Å². The molecule has 0 aliphatic heterocycles. The summed E-state index contributed by atoms with van der Waals surface area (Å²) in [7, 11) is 0. The summed E-state index contributed by atoms with van der Waals surface area (Å²) in [6.07, 6.45) is 9.49. The van der Waals surface area contributed by atoms with Gasteiger partial charge >= 0.3 is 0 Å². The molecule has 1 fully saturated rings. The zero-order valence-electron chi connectivity index (χ0n) is 15.0. The molecular formula is C17H35IN4O. The molecule has 0 radical (unpaired) electrons. The number of rotatable bonds is 8. The topological polar surface area (TPSA) is 65.5 Å². The zero-order valence-corrected chi connectivity index (χ0v) is 17.3. The van der Waals surface area contributed by atoms with Crippen LogP contribution in [0.4, 0.5) is 0 Å². The molecule has 0 heterocycles. The van der Waals surface area contributed by atoms with Gasteiger partial charge in [-0.3, -0.25) is 4.79 Å². The van der Waals surface area contributed by atoms with Crippen LogP contribution >= 0.6 is 24.0 Å². The van der Waals surface area contributed by atoms with E-state index in [0.717, 1.165) is 24.8 Å². The second-order valence-electron chi connectivity index (χ2n) is 6.28. The standard InChI is InChI=1S/C17H34N4O.HI/c1-4-18-16(22)13-20-17(19-5-2)21-14(3)11-12-15-9-7-6-8-10-15;/h14-15H,4-13H2,1-3H3,(H,18,22)(H2,19,20,21);1H. The molecule has 6 heteroatoms. The number of halogens is 1. The fraction of sp³-hybridized carbons (Fsp3) is 0.882. The van der Waals surface area contributed by atoms with Crippen LogP contribution in [0.3, 0.4) is 0 Å². The van der Waals surface area contributed by atoms with E-state index in [-0.39, 0.29) is 36.4 Å². The number of nitrogens with zero attached hydrogens (tertiary/aromatic N) is 1. The molecule has 0 aromatic carbocycles. The first-order valence-corrected chi connectivity index (χ1v) is 8.97. The van der Waals surface area contributed by atoms with E-state index in [1.165, 1.54) is 38.5 Å². The minimum atomic E-state index is -0.0328. The van der Waals surface area contributed by atoms with Crippen LogP contribution in [-0.2, 0) is 4.79 Å². The Hall–Kier alpha value is -0.530. The number of amides is 1. The van der Waals surface area contributed by atoms with E-state index in [4.69, 9.17) is 0 Å². The van der Waals surface area contributed by atoms with Crippen LogP contribution in [0.25, 0.3) is 0 Å². The Morgan fingerprint density at radius 1 is 1.13 bits per heavy atom. The van der Waals surface area contributed by atoms with Crippen molar-refractivity contribution in [3.63, 3.8) is 0 Å². The smallest absolute Gasteiger partial charge is 0.241 e. The lowest BCUT2D eigenvalue weighted by atomic mass is 9.85. The predicted octanol–water partition coefficient (Wildman–Crippen LogP) is 3.04. The van der Waals surface area contributed by atoms with Crippen LogP contribution in [0.5, 0.6) is 0 Å². The maximum atomic E-state index is 11.5. The average Bonchev–Trinajstić information content (AvgIpc) is 2.52. The Bertz CT molecular complexity index is 343. The van der Waals surface area contributed by atoms with Crippen LogP contribution in [0, 0.1) is 5.92 Å². The number of carbonyl (C=O) groups excluding carboxylic acids is 1. The van der Waals surface area contributed by atoms with E-state index in [2.05, 4.69) is 27.9 Å². The number of nitrogens with one attached hydrogen (secondary N) is 3. The molecule has 0 aromatic heterocycles. The van der Waals surface area contributed by atoms with Crippen LogP contribution < -0.4 is 16.0 Å². The molecule has 136 valence electrons. The van der Waals surface area contributed by atoms with Gasteiger partial charge < -0.3 is 16.0 Å². The number of hydrogen-bond donors (Lipinski definition) is 3. The lowest BCUT2D eigenvalue weighted by Crippen LogP contribution is -2.43. The Morgan fingerprint density at radius 3 is 2.39 bits per heavy atom. The molecule has 1 amide bonds. The second kappa shape index (κ2) is 13.9. The molecule has 1 saturated carbocycles. The maximum Gasteiger partial charge on any atom is 0.241 e. The molecule has 5 nitrogen and oxygen atoms in total. The van der Waals surface area contributed by atoms with Crippen molar-refractivity contribution < 1.29 is 4.79 Å². The summed E-state index contributed by atoms with van der Waals surface area (Å²) in [4.78, 5) is 15.8. The first-order chi connectivity index (χ1) is 10.7. The van der Waals surface area contributed by atoms with Crippen molar-refractivity contribution in [1.82, 2.24) is 16.0 Å². The van der Waals surface area contributed by atoms with E-state index in [1.807, 2.05) is 13.8 Å². The Morgan fingerprint density at radius 2 is 1.78 bits per heavy atom. The van der Waals surface area contributed by atoms with Crippen LogP contribution in [0.1, 0.15) is 65.7 Å². The minimum Gasteiger partial charge on any atom is -0.357 e. The van der Waals surface area contributed by atoms with E-state index in [1.54, 1.807) is 0 Å². The fourth-order valence-corrected chi connectivity index (χ4v) is 2.99. The zero-order chi connectivity index (χ0) is 16.2. The molecule has 23 heavy (non-hydrogen) atoms. The van der Waals surface area contributed by atoms with E-state index >= 15 is 0 Å². The quantitative estimate of drug-likeness (QED) is 0.310. The summed E-state index contributed by atoms with van der Waals surface area (Å²) >= 11 is 0. The van der Waals surface area contributed by atoms with Crippen LogP contribution in [-0.4, -0.2) is 37.5 Å². The highest BCUT2D eigenvalue weighted by atomic mass is 127. The van der Waals surface area contributed by atoms with Gasteiger partial charge in [-0.1, -0.05) is 32.1 Å². The molecule has 1 aliphatic rings. The maximum absolute atomic E-state index is 11.5. The molecule has 0 bridgehead atoms. The van der Waals surface area contributed by atoms with Gasteiger partial charge in [0.05, 0.1) is 0 Å². The molecule has 1 aliphatic carbocycles. The van der Waals surface area contributed by atoms with Gasteiger partial charge in [0.1, 0.15) is 6.54 Å². The lowest BCUT2D eigenvalue weighted by Gasteiger charge is -2.24. The summed E-state index contributed by atoms with van der Waals surface area (Å²) in [5, 5.41) is 9.38. The van der Waals surface area contributed by atoms with Crippen molar-refractivity contribution in [3.8, 4) is 0 Å². The molecule has 1 atom stereocenters. The van der Waals surface area contributed by atoms with E-state index in [0.29, 0.717) is 12.6 Å². The summed E-state index contributed by atoms with van der Waals surface area (Å²) < 4.78 is 0. The Labute approximate surface area is 158 Å². The number of carbonyl (C=O) groups is 1. The largest absolute Gasteiger partial charge is 0.357 e. The van der Waals surface area contributed by atoms with Gasteiger partial charge in [0, 0.05) is 19.1 Å². The molecule has 1 rings (SSSR count). The Kier molecular flexibility index (Phi) is 13.5. The second-order valence-corrected chi connectivity index (χ2v) is 6.28. The third-order valence-corrected chi connectivity index (χ3v) is 4.21. The van der Waals surface area contributed by atoms with Crippen molar-refractivity contribution in [1.29, 1.82) is 0 Å². The van der Waals surface area contributed by atoms with Gasteiger partial charge in [-0.15, -0.1) is 24.0 Å². The normalized spacial score (nSPS) is 17.1. The average molecular weight is 438 g/mol. The van der Waals surface area contributed by atoms with Gasteiger partial charge in [0.2, 0.25) is 5.91 Å². The van der Waals surface area contributed by atoms with Gasteiger partial charge in [-0.25, -0.2) is 4.99 Å². The summed E-state index contributed by atoms with van der Waals surface area (Å²) in [5.41, 5.74) is 0. The first-order valence-electron chi connectivity index (χ1n) is 8.97. The van der Waals surface area contributed by atoms with Crippen molar-refractivity contribution >= 4 is 35.8 Å². The van der Waals surface area contributed by atoms with E-state index in [9.17, 15) is 4.79 Å². The van der Waals surface area contributed by atoms with E-state index < -0.39 is 0 Å². The van der Waals surface area contributed by atoms with Gasteiger partial charge in [-0.2, -0.15) is 0 Å². The SMILES string of the molecule is CCNC(=O)CN=C(NCC)NC(C)CCC1CCCCC1.I. The third kappa shape index (κ3) is 10.8. The number of likely N-dealkylation sites (N-methyl/N-ethyl adjacent to an activating group) is 1. The molecule has 1 unspecified atom stereocenters. The van der Waals surface area contributed by atoms with Crippen LogP contribution in [0.2, 0.25) is 0 Å². The van der Waals surface area contributed by atoms with Gasteiger partial charge in [0.15, 0.2) is 5.96 Å². The van der Waals surface area contributed by atoms with Crippen LogP contribution in [0.15, 0.2) is 4.99 Å². The first kappa shape index (κ1) is 22.5. The number of aliphatic imine (C=N–C) groups is 1. The Balaban J connectivity index is 0.00000484. The summed E-state index contributed by atoms with van der Waals surface area (Å²) in [5.74, 6) is 1.62. The third-order valence-electron chi connectivity index (χ3n) is 4.21. The van der Waals surface area contributed by atoms with Gasteiger partial charge in [-0.05, 0) is 39.5 Å². The lowest BCUT2D eigenvalue weighted by molar-refractivity contribution is -0.119. The number of hydrogen-bond acceptors (Lipinski definition) is 2. The highest BCUT2D eigenvalue weighted by molar-refractivity contribution is 14.0. The van der Waals surface area contributed by atoms with Gasteiger partial charge in [0.25, 0.3) is 0 Å². The highest BCUT2D eigenvalue weighted by Crippen LogP contribution is 2.27. The molecule has 3 N–H and O–H groups in total. The summed E-state index contributed by atoms with van der Waals surface area (Å²) in [6, 6.07) is 0.383. The molecule has 0 saturated heterocycles. The molecule has 0 spiro atoms. The minimum absolute atomic E-state index is 0. The summed E-state index contributed by atoms with van der Waals surface area (Å²) in [6.45, 7) is 7.78. The van der Waals surface area contributed by atoms with Crippen molar-refractivity contribution in [2.75, 3.05) is 19.6 Å². The van der Waals surface area contributed by atoms with Crippen molar-refractivity contribution in [2.45, 2.75) is 71.8 Å². The molecule has 0 aromatic rings. The highest BCUT2D eigenvalue weighted by Gasteiger charge is 2.15.